The largest absolute Gasteiger partial charge is 0.494 e. The van der Waals surface area contributed by atoms with Gasteiger partial charge in [0.25, 0.3) is 5.91 Å². The number of amides is 1. The van der Waals surface area contributed by atoms with E-state index in [1.165, 1.54) is 0 Å². The second-order valence-electron chi connectivity index (χ2n) is 4.51. The van der Waals surface area contributed by atoms with E-state index >= 15 is 0 Å². The molecule has 0 saturated heterocycles. The van der Waals surface area contributed by atoms with E-state index in [9.17, 15) is 4.79 Å². The van der Waals surface area contributed by atoms with Crippen molar-refractivity contribution in [3.8, 4) is 5.75 Å². The number of hydrogen-bond acceptors (Lipinski definition) is 4. The Bertz CT molecular complexity index is 621. The highest BCUT2D eigenvalue weighted by atomic mass is 16.5. The van der Waals surface area contributed by atoms with Crippen LogP contribution in [0.15, 0.2) is 55.3 Å². The van der Waals surface area contributed by atoms with Gasteiger partial charge in [0.1, 0.15) is 11.4 Å². The fourth-order valence-electron chi connectivity index (χ4n) is 1.83. The van der Waals surface area contributed by atoms with Crippen molar-refractivity contribution < 1.29 is 9.53 Å². The maximum atomic E-state index is 11.7. The molecule has 0 aliphatic rings. The maximum absolute atomic E-state index is 11.7. The van der Waals surface area contributed by atoms with Gasteiger partial charge in [0.05, 0.1) is 18.5 Å². The molecular formula is C17H19N3O2. The average Bonchev–Trinajstić information content (AvgIpc) is 2.55. The fraction of sp³-hybridized carbons (Fsp3) is 0.176. The van der Waals surface area contributed by atoms with E-state index in [4.69, 9.17) is 4.74 Å². The zero-order valence-electron chi connectivity index (χ0n) is 12.5. The molecule has 0 aliphatic carbocycles. The Labute approximate surface area is 130 Å². The molecule has 22 heavy (non-hydrogen) atoms. The van der Waals surface area contributed by atoms with Crippen molar-refractivity contribution in [3.05, 3.63) is 60.9 Å². The highest BCUT2D eigenvalue weighted by Gasteiger charge is 2.05. The Morgan fingerprint density at radius 1 is 1.23 bits per heavy atom. The normalized spacial score (nSPS) is 9.86. The fourth-order valence-corrected chi connectivity index (χ4v) is 1.83. The van der Waals surface area contributed by atoms with Gasteiger partial charge >= 0.3 is 0 Å². The van der Waals surface area contributed by atoms with E-state index in [1.807, 2.05) is 37.3 Å². The standard InChI is InChI=1S/C17H19N3O2/c1-3-11-18-17(21)16-10-7-14(12-19-16)20-13-5-8-15(9-6-13)22-4-2/h3,5-10,12,20H,1,4,11H2,2H3,(H,18,21). The van der Waals surface area contributed by atoms with Gasteiger partial charge in [-0.05, 0) is 43.3 Å². The van der Waals surface area contributed by atoms with Gasteiger partial charge in [-0.15, -0.1) is 6.58 Å². The van der Waals surface area contributed by atoms with Crippen LogP contribution in [0.1, 0.15) is 17.4 Å². The SMILES string of the molecule is C=CCNC(=O)c1ccc(Nc2ccc(OCC)cc2)cn1. The van der Waals surface area contributed by atoms with Gasteiger partial charge in [-0.3, -0.25) is 4.79 Å². The lowest BCUT2D eigenvalue weighted by Crippen LogP contribution is -2.24. The molecule has 0 radical (unpaired) electrons. The molecule has 0 bridgehead atoms. The first-order valence-electron chi connectivity index (χ1n) is 7.08. The maximum Gasteiger partial charge on any atom is 0.270 e. The van der Waals surface area contributed by atoms with Crippen LogP contribution in [0.5, 0.6) is 5.75 Å². The quantitative estimate of drug-likeness (QED) is 0.771. The molecule has 1 amide bonds. The lowest BCUT2D eigenvalue weighted by atomic mass is 10.2. The van der Waals surface area contributed by atoms with E-state index in [-0.39, 0.29) is 5.91 Å². The summed E-state index contributed by atoms with van der Waals surface area (Å²) in [6.45, 7) is 6.57. The van der Waals surface area contributed by atoms with Crippen LogP contribution in [0, 0.1) is 0 Å². The summed E-state index contributed by atoms with van der Waals surface area (Å²) in [6, 6.07) is 11.1. The number of ether oxygens (including phenoxy) is 1. The summed E-state index contributed by atoms with van der Waals surface area (Å²) in [4.78, 5) is 15.9. The molecule has 0 aliphatic heterocycles. The third kappa shape index (κ3) is 4.34. The van der Waals surface area contributed by atoms with Crippen LogP contribution in [0.4, 0.5) is 11.4 Å². The summed E-state index contributed by atoms with van der Waals surface area (Å²) in [5, 5.41) is 5.90. The summed E-state index contributed by atoms with van der Waals surface area (Å²) < 4.78 is 5.39. The second kappa shape index (κ2) is 7.83. The van der Waals surface area contributed by atoms with Crippen LogP contribution in [0.25, 0.3) is 0 Å². The zero-order chi connectivity index (χ0) is 15.8. The van der Waals surface area contributed by atoms with Gasteiger partial charge in [0, 0.05) is 12.2 Å². The Kier molecular flexibility index (Phi) is 5.54. The van der Waals surface area contributed by atoms with E-state index in [1.54, 1.807) is 18.3 Å². The predicted octanol–water partition coefficient (Wildman–Crippen LogP) is 3.14. The summed E-state index contributed by atoms with van der Waals surface area (Å²) in [5.74, 6) is 0.618. The van der Waals surface area contributed by atoms with Crippen molar-refractivity contribution >= 4 is 17.3 Å². The van der Waals surface area contributed by atoms with Crippen molar-refractivity contribution in [2.75, 3.05) is 18.5 Å². The molecule has 5 heteroatoms. The molecule has 0 atom stereocenters. The molecule has 2 aromatic rings. The minimum absolute atomic E-state index is 0.215. The molecule has 0 saturated carbocycles. The minimum atomic E-state index is -0.215. The number of pyridine rings is 1. The molecule has 2 rings (SSSR count). The van der Waals surface area contributed by atoms with Crippen molar-refractivity contribution in [1.82, 2.24) is 10.3 Å². The number of carbonyl (C=O) groups excluding carboxylic acids is 1. The molecule has 0 fully saturated rings. The van der Waals surface area contributed by atoms with Gasteiger partial charge in [-0.25, -0.2) is 4.98 Å². The molecule has 5 nitrogen and oxygen atoms in total. The Morgan fingerprint density at radius 3 is 2.55 bits per heavy atom. The van der Waals surface area contributed by atoms with Crippen LogP contribution >= 0.6 is 0 Å². The molecule has 2 N–H and O–H groups in total. The number of nitrogens with zero attached hydrogens (tertiary/aromatic N) is 1. The lowest BCUT2D eigenvalue weighted by Gasteiger charge is -2.08. The Balaban J connectivity index is 1.98. The Morgan fingerprint density at radius 2 is 1.95 bits per heavy atom. The van der Waals surface area contributed by atoms with Gasteiger partial charge in [-0.1, -0.05) is 6.08 Å². The first-order chi connectivity index (χ1) is 10.7. The predicted molar refractivity (Wildman–Crippen MR) is 87.7 cm³/mol. The Hall–Kier alpha value is -2.82. The first kappa shape index (κ1) is 15.6. The molecule has 1 aromatic carbocycles. The number of benzene rings is 1. The van der Waals surface area contributed by atoms with Crippen LogP contribution < -0.4 is 15.4 Å². The van der Waals surface area contributed by atoms with Gasteiger partial charge < -0.3 is 15.4 Å². The molecule has 1 heterocycles. The molecule has 0 spiro atoms. The minimum Gasteiger partial charge on any atom is -0.494 e. The first-order valence-corrected chi connectivity index (χ1v) is 7.08. The molecule has 1 aromatic heterocycles. The van der Waals surface area contributed by atoms with Crippen molar-refractivity contribution in [2.45, 2.75) is 6.92 Å². The monoisotopic (exact) mass is 297 g/mol. The third-order valence-electron chi connectivity index (χ3n) is 2.86. The van der Waals surface area contributed by atoms with Crippen molar-refractivity contribution in [1.29, 1.82) is 0 Å². The van der Waals surface area contributed by atoms with E-state index in [0.29, 0.717) is 18.8 Å². The zero-order valence-corrected chi connectivity index (χ0v) is 12.5. The lowest BCUT2D eigenvalue weighted by molar-refractivity contribution is 0.0953. The van der Waals surface area contributed by atoms with Gasteiger partial charge in [0.15, 0.2) is 0 Å². The summed E-state index contributed by atoms with van der Waals surface area (Å²) >= 11 is 0. The highest BCUT2D eigenvalue weighted by molar-refractivity contribution is 5.92. The summed E-state index contributed by atoms with van der Waals surface area (Å²) in [5.41, 5.74) is 2.11. The number of nitrogens with one attached hydrogen (secondary N) is 2. The van der Waals surface area contributed by atoms with Gasteiger partial charge in [0.2, 0.25) is 0 Å². The van der Waals surface area contributed by atoms with E-state index in [0.717, 1.165) is 17.1 Å². The molecule has 114 valence electrons. The van der Waals surface area contributed by atoms with Crippen LogP contribution in [-0.4, -0.2) is 24.0 Å². The number of hydrogen-bond donors (Lipinski definition) is 2. The molecule has 0 unspecified atom stereocenters. The van der Waals surface area contributed by atoms with E-state index < -0.39 is 0 Å². The number of anilines is 2. The number of rotatable bonds is 7. The highest BCUT2D eigenvalue weighted by Crippen LogP contribution is 2.19. The van der Waals surface area contributed by atoms with Crippen LogP contribution in [-0.2, 0) is 0 Å². The van der Waals surface area contributed by atoms with Crippen molar-refractivity contribution in [2.24, 2.45) is 0 Å². The number of aromatic nitrogens is 1. The topological polar surface area (TPSA) is 63.2 Å². The summed E-state index contributed by atoms with van der Waals surface area (Å²) in [6.07, 6.45) is 3.25. The van der Waals surface area contributed by atoms with Crippen LogP contribution in [0.3, 0.4) is 0 Å². The smallest absolute Gasteiger partial charge is 0.270 e. The third-order valence-corrected chi connectivity index (χ3v) is 2.86. The van der Waals surface area contributed by atoms with Crippen molar-refractivity contribution in [3.63, 3.8) is 0 Å². The second-order valence-corrected chi connectivity index (χ2v) is 4.51. The van der Waals surface area contributed by atoms with Gasteiger partial charge in [-0.2, -0.15) is 0 Å². The van der Waals surface area contributed by atoms with E-state index in [2.05, 4.69) is 22.2 Å². The average molecular weight is 297 g/mol. The summed E-state index contributed by atoms with van der Waals surface area (Å²) in [7, 11) is 0. The molecular weight excluding hydrogens is 278 g/mol. The van der Waals surface area contributed by atoms with Crippen LogP contribution in [0.2, 0.25) is 0 Å². The number of carbonyl (C=O) groups is 1.